The number of hydrogen-bond donors (Lipinski definition) is 3. The molecule has 1 unspecified atom stereocenters. The number of benzene rings is 1. The summed E-state index contributed by atoms with van der Waals surface area (Å²) < 4.78 is 40.8. The minimum Gasteiger partial charge on any atom is -0.406 e. The molecule has 4 aliphatic rings. The molecule has 7 rings (SSSR count). The Morgan fingerprint density at radius 2 is 2.03 bits per heavy atom. The Labute approximate surface area is 179 Å². The van der Waals surface area contributed by atoms with Crippen LogP contribution in [-0.4, -0.2) is 45.6 Å². The van der Waals surface area contributed by atoms with E-state index in [9.17, 15) is 18.0 Å². The summed E-state index contributed by atoms with van der Waals surface area (Å²) in [6.45, 7) is 0.845. The van der Waals surface area contributed by atoms with Crippen LogP contribution in [0, 0.1) is 11.8 Å². The van der Waals surface area contributed by atoms with Crippen LogP contribution in [-0.2, 0) is 0 Å². The fourth-order valence-electron chi connectivity index (χ4n) is 4.93. The van der Waals surface area contributed by atoms with Crippen LogP contribution < -0.4 is 20.7 Å². The van der Waals surface area contributed by atoms with Crippen molar-refractivity contribution in [1.82, 2.24) is 15.2 Å². The van der Waals surface area contributed by atoms with Crippen molar-refractivity contribution < 1.29 is 22.7 Å². The summed E-state index contributed by atoms with van der Waals surface area (Å²) in [5.74, 6) is 0.983. The SMILES string of the molecule is N[C@@]12C3[C@H]1[C@H]2CN3c1ncc(C(=O)Nc2ccc(OC(F)(F)F)cc2)cc1-c1ccn[nH]1. The van der Waals surface area contributed by atoms with E-state index in [0.717, 1.165) is 35.8 Å². The Kier molecular flexibility index (Phi) is 3.72. The van der Waals surface area contributed by atoms with E-state index in [1.165, 1.54) is 18.3 Å². The Bertz CT molecular complexity index is 1210. The largest absolute Gasteiger partial charge is 0.573 e. The zero-order valence-corrected chi connectivity index (χ0v) is 16.4. The van der Waals surface area contributed by atoms with Crippen LogP contribution in [0.2, 0.25) is 0 Å². The molecule has 2 saturated heterocycles. The zero-order valence-electron chi connectivity index (χ0n) is 16.4. The lowest BCUT2D eigenvalue weighted by Crippen LogP contribution is -2.29. The molecule has 4 N–H and O–H groups in total. The number of aromatic amines is 1. The number of carbonyl (C=O) groups excluding carboxylic acids is 1. The molecule has 2 aliphatic heterocycles. The first-order valence-electron chi connectivity index (χ1n) is 9.98. The minimum atomic E-state index is -4.78. The first-order chi connectivity index (χ1) is 15.3. The van der Waals surface area contributed by atoms with Crippen LogP contribution in [0.1, 0.15) is 10.4 Å². The molecule has 1 aromatic carbocycles. The number of pyridine rings is 1. The van der Waals surface area contributed by atoms with Crippen molar-refractivity contribution in [2.24, 2.45) is 17.6 Å². The summed E-state index contributed by atoms with van der Waals surface area (Å²) in [5.41, 5.74) is 8.38. The summed E-state index contributed by atoms with van der Waals surface area (Å²) in [4.78, 5) is 19.6. The molecule has 2 aliphatic carbocycles. The van der Waals surface area contributed by atoms with Gasteiger partial charge in [0.25, 0.3) is 5.91 Å². The lowest BCUT2D eigenvalue weighted by molar-refractivity contribution is -0.274. The first kappa shape index (κ1) is 19.1. The monoisotopic (exact) mass is 442 g/mol. The topological polar surface area (TPSA) is 109 Å². The summed E-state index contributed by atoms with van der Waals surface area (Å²) in [6.07, 6.45) is -1.67. The van der Waals surface area contributed by atoms with E-state index in [-0.39, 0.29) is 11.3 Å². The summed E-state index contributed by atoms with van der Waals surface area (Å²) >= 11 is 0. The number of alkyl halides is 3. The number of piperidine rings is 1. The maximum absolute atomic E-state index is 12.8. The number of aromatic nitrogens is 3. The second-order valence-corrected chi connectivity index (χ2v) is 8.32. The van der Waals surface area contributed by atoms with E-state index in [2.05, 4.69) is 30.1 Å². The van der Waals surface area contributed by atoms with Crippen molar-refractivity contribution in [2.45, 2.75) is 17.9 Å². The Morgan fingerprint density at radius 1 is 1.28 bits per heavy atom. The summed E-state index contributed by atoms with van der Waals surface area (Å²) in [5, 5.41) is 9.58. The van der Waals surface area contributed by atoms with E-state index in [0.29, 0.717) is 29.1 Å². The lowest BCUT2D eigenvalue weighted by atomic mass is 10.1. The number of nitrogens with one attached hydrogen (secondary N) is 2. The van der Waals surface area contributed by atoms with Gasteiger partial charge in [-0.2, -0.15) is 5.10 Å². The first-order valence-corrected chi connectivity index (χ1v) is 9.98. The van der Waals surface area contributed by atoms with Gasteiger partial charge in [0.1, 0.15) is 11.6 Å². The molecule has 164 valence electrons. The van der Waals surface area contributed by atoms with Gasteiger partial charge in [-0.05, 0) is 36.4 Å². The molecular weight excluding hydrogens is 425 g/mol. The van der Waals surface area contributed by atoms with Crippen LogP contribution in [0.4, 0.5) is 24.7 Å². The number of carbonyl (C=O) groups is 1. The van der Waals surface area contributed by atoms with Crippen molar-refractivity contribution in [1.29, 1.82) is 0 Å². The number of H-pyrrole nitrogens is 1. The molecule has 2 aromatic heterocycles. The highest BCUT2D eigenvalue weighted by Crippen LogP contribution is 2.77. The van der Waals surface area contributed by atoms with Crippen molar-refractivity contribution in [2.75, 3.05) is 16.8 Å². The molecule has 2 bridgehead atoms. The second-order valence-electron chi connectivity index (χ2n) is 8.32. The van der Waals surface area contributed by atoms with Crippen LogP contribution in [0.25, 0.3) is 11.3 Å². The molecule has 1 amide bonds. The van der Waals surface area contributed by atoms with Crippen molar-refractivity contribution >= 4 is 17.4 Å². The molecule has 32 heavy (non-hydrogen) atoms. The molecule has 4 atom stereocenters. The van der Waals surface area contributed by atoms with Gasteiger partial charge in [-0.15, -0.1) is 13.2 Å². The number of nitrogens with zero attached hydrogens (tertiary/aromatic N) is 3. The molecule has 3 aromatic rings. The fraction of sp³-hybridized carbons (Fsp3) is 0.286. The number of fused-ring (bicyclic) bond motifs is 1. The van der Waals surface area contributed by atoms with E-state index in [1.807, 2.05) is 0 Å². The number of nitrogens with two attached hydrogens (primary N) is 1. The molecule has 2 saturated carbocycles. The Balaban J connectivity index is 1.24. The van der Waals surface area contributed by atoms with Gasteiger partial charge in [-0.1, -0.05) is 0 Å². The Hall–Kier alpha value is -3.60. The number of hydrogen-bond acceptors (Lipinski definition) is 6. The van der Waals surface area contributed by atoms with Gasteiger partial charge >= 0.3 is 6.36 Å². The third-order valence-corrected chi connectivity index (χ3v) is 6.55. The molecular formula is C21H17F3N6O2. The molecule has 4 fully saturated rings. The van der Waals surface area contributed by atoms with Gasteiger partial charge in [0, 0.05) is 47.6 Å². The predicted octanol–water partition coefficient (Wildman–Crippen LogP) is 2.77. The normalized spacial score (nSPS) is 27.1. The number of anilines is 2. The number of halogens is 3. The summed E-state index contributed by atoms with van der Waals surface area (Å²) in [6, 6.07) is 8.73. The highest BCUT2D eigenvalue weighted by Gasteiger charge is 2.91. The van der Waals surface area contributed by atoms with Crippen LogP contribution >= 0.6 is 0 Å². The average molecular weight is 442 g/mol. The van der Waals surface area contributed by atoms with Crippen LogP contribution in [0.15, 0.2) is 48.8 Å². The third kappa shape index (κ3) is 2.84. The maximum Gasteiger partial charge on any atom is 0.573 e. The van der Waals surface area contributed by atoms with Gasteiger partial charge in [-0.3, -0.25) is 9.89 Å². The fourth-order valence-corrected chi connectivity index (χ4v) is 4.93. The molecule has 4 heterocycles. The number of ether oxygens (including phenoxy) is 1. The maximum atomic E-state index is 12.8. The van der Waals surface area contributed by atoms with Gasteiger partial charge in [0.05, 0.1) is 17.3 Å². The second kappa shape index (κ2) is 6.22. The van der Waals surface area contributed by atoms with Crippen LogP contribution in [0.3, 0.4) is 0 Å². The lowest BCUT2D eigenvalue weighted by Gasteiger charge is -2.21. The Morgan fingerprint density at radius 3 is 2.62 bits per heavy atom. The van der Waals surface area contributed by atoms with Gasteiger partial charge in [0.2, 0.25) is 0 Å². The van der Waals surface area contributed by atoms with Crippen molar-refractivity contribution in [3.63, 3.8) is 0 Å². The van der Waals surface area contributed by atoms with Gasteiger partial charge in [0.15, 0.2) is 0 Å². The quantitative estimate of drug-likeness (QED) is 0.561. The van der Waals surface area contributed by atoms with Gasteiger partial charge < -0.3 is 20.7 Å². The number of rotatable bonds is 5. The van der Waals surface area contributed by atoms with E-state index >= 15 is 0 Å². The van der Waals surface area contributed by atoms with Crippen LogP contribution in [0.5, 0.6) is 5.75 Å². The number of amides is 1. The zero-order chi connectivity index (χ0) is 22.3. The molecule has 0 radical (unpaired) electrons. The van der Waals surface area contributed by atoms with E-state index in [1.54, 1.807) is 18.3 Å². The summed E-state index contributed by atoms with van der Waals surface area (Å²) in [7, 11) is 0. The third-order valence-electron chi connectivity index (χ3n) is 6.55. The van der Waals surface area contributed by atoms with Gasteiger partial charge in [-0.25, -0.2) is 4.98 Å². The van der Waals surface area contributed by atoms with E-state index < -0.39 is 12.3 Å². The molecule has 8 nitrogen and oxygen atoms in total. The highest BCUT2D eigenvalue weighted by molar-refractivity contribution is 6.05. The minimum absolute atomic E-state index is 0.0784. The standard InChI is InChI=1S/C21H17F3N6O2/c22-21(23,24)32-12-3-1-11(2-4-12)28-19(31)10-7-13(15-5-6-27-29-15)18(26-8-10)30-9-14-16-17(30)20(14,16)25/h1-8,14,16-17H,9,25H2,(H,27,29)(H,28,31)/t14-,16-,17?,20-/m1/s1. The van der Waals surface area contributed by atoms with Crippen molar-refractivity contribution in [3.8, 4) is 17.0 Å². The predicted molar refractivity (Wildman–Crippen MR) is 108 cm³/mol. The van der Waals surface area contributed by atoms with Crippen molar-refractivity contribution in [3.05, 3.63) is 54.4 Å². The average Bonchev–Trinajstić information content (AvgIpc) is 3.26. The van der Waals surface area contributed by atoms with E-state index in [4.69, 9.17) is 5.73 Å². The molecule has 0 spiro atoms. The highest BCUT2D eigenvalue weighted by atomic mass is 19.4. The smallest absolute Gasteiger partial charge is 0.406 e. The molecule has 11 heteroatoms.